The molecule has 1 amide bonds. The molecule has 2 aromatic rings. The van der Waals surface area contributed by atoms with Crippen molar-refractivity contribution in [3.05, 3.63) is 63.6 Å². The Bertz CT molecular complexity index is 696. The number of methoxy groups -OCH3 is 1. The molecule has 0 atom stereocenters. The molecule has 0 aliphatic heterocycles. The summed E-state index contributed by atoms with van der Waals surface area (Å²) in [4.78, 5) is 24.1. The van der Waals surface area contributed by atoms with Gasteiger partial charge in [-0.25, -0.2) is 4.79 Å². The maximum atomic E-state index is 12.3. The number of halogens is 1. The van der Waals surface area contributed by atoms with Gasteiger partial charge < -0.3 is 10.1 Å². The van der Waals surface area contributed by atoms with Gasteiger partial charge in [-0.3, -0.25) is 4.79 Å². The molecule has 0 heterocycles. The lowest BCUT2D eigenvalue weighted by molar-refractivity contribution is 0.0602. The predicted molar refractivity (Wildman–Crippen MR) is 89.3 cm³/mol. The summed E-state index contributed by atoms with van der Waals surface area (Å²) in [7, 11) is 1.30. The van der Waals surface area contributed by atoms with Gasteiger partial charge in [0.25, 0.3) is 5.91 Å². The van der Waals surface area contributed by atoms with Crippen LogP contribution in [0.5, 0.6) is 0 Å². The Balaban J connectivity index is 2.25. The van der Waals surface area contributed by atoms with Crippen LogP contribution in [0.15, 0.2) is 46.9 Å². The first-order valence-electron chi connectivity index (χ1n) is 6.83. The van der Waals surface area contributed by atoms with Crippen LogP contribution in [0.2, 0.25) is 0 Å². The van der Waals surface area contributed by atoms with Crippen molar-refractivity contribution >= 4 is 33.5 Å². The summed E-state index contributed by atoms with van der Waals surface area (Å²) in [5, 5.41) is 2.75. The van der Waals surface area contributed by atoms with Gasteiger partial charge in [-0.05, 0) is 42.3 Å². The van der Waals surface area contributed by atoms with Gasteiger partial charge in [-0.1, -0.05) is 35.0 Å². The Labute approximate surface area is 137 Å². The van der Waals surface area contributed by atoms with E-state index in [2.05, 4.69) is 28.2 Å². The smallest absolute Gasteiger partial charge is 0.340 e. The van der Waals surface area contributed by atoms with Crippen LogP contribution in [0, 0.1) is 0 Å². The number of benzene rings is 2. The van der Waals surface area contributed by atoms with Gasteiger partial charge in [-0.2, -0.15) is 0 Å². The van der Waals surface area contributed by atoms with Crippen molar-refractivity contribution in [3.63, 3.8) is 0 Å². The average molecular weight is 362 g/mol. The number of nitrogens with one attached hydrogen (secondary N) is 1. The lowest BCUT2D eigenvalue weighted by Gasteiger charge is -2.10. The van der Waals surface area contributed by atoms with Gasteiger partial charge in [-0.15, -0.1) is 0 Å². The fourth-order valence-corrected chi connectivity index (χ4v) is 2.35. The van der Waals surface area contributed by atoms with Gasteiger partial charge in [0.05, 0.1) is 18.4 Å². The number of amides is 1. The molecule has 2 rings (SSSR count). The van der Waals surface area contributed by atoms with Crippen LogP contribution in [0.4, 0.5) is 5.69 Å². The molecule has 0 aliphatic rings. The first kappa shape index (κ1) is 16.2. The van der Waals surface area contributed by atoms with Crippen LogP contribution in [-0.4, -0.2) is 19.0 Å². The third-order valence-corrected chi connectivity index (χ3v) is 3.75. The molecule has 0 bridgehead atoms. The predicted octanol–water partition coefficient (Wildman–Crippen LogP) is 4.05. The van der Waals surface area contributed by atoms with E-state index in [0.717, 1.165) is 16.5 Å². The molecule has 0 unspecified atom stereocenters. The van der Waals surface area contributed by atoms with Crippen LogP contribution < -0.4 is 5.32 Å². The quantitative estimate of drug-likeness (QED) is 0.835. The van der Waals surface area contributed by atoms with E-state index in [1.807, 2.05) is 12.1 Å². The van der Waals surface area contributed by atoms with Gasteiger partial charge >= 0.3 is 5.97 Å². The van der Waals surface area contributed by atoms with E-state index >= 15 is 0 Å². The van der Waals surface area contributed by atoms with E-state index in [-0.39, 0.29) is 5.91 Å². The van der Waals surface area contributed by atoms with E-state index in [1.54, 1.807) is 30.3 Å². The largest absolute Gasteiger partial charge is 0.465 e. The fourth-order valence-electron chi connectivity index (χ4n) is 1.99. The molecule has 0 radical (unpaired) electrons. The van der Waals surface area contributed by atoms with E-state index in [1.165, 1.54) is 7.11 Å². The normalized spacial score (nSPS) is 10.1. The zero-order valence-corrected chi connectivity index (χ0v) is 13.9. The number of carbonyl (C=O) groups is 2. The molecule has 114 valence electrons. The highest BCUT2D eigenvalue weighted by Gasteiger charge is 2.15. The maximum absolute atomic E-state index is 12.3. The van der Waals surface area contributed by atoms with Crippen LogP contribution in [-0.2, 0) is 11.2 Å². The standard InChI is InChI=1S/C17H16BrNO3/c1-3-11-4-6-12(7-5-11)16(20)19-15-9-8-13(18)10-14(15)17(21)22-2/h4-10H,3H2,1-2H3,(H,19,20). The van der Waals surface area contributed by atoms with E-state index < -0.39 is 5.97 Å². The molecule has 2 aromatic carbocycles. The zero-order chi connectivity index (χ0) is 16.1. The molecule has 0 spiro atoms. The second-order valence-corrected chi connectivity index (χ2v) is 5.60. The fraction of sp³-hybridized carbons (Fsp3) is 0.176. The van der Waals surface area contributed by atoms with Crippen molar-refractivity contribution in [1.82, 2.24) is 0 Å². The average Bonchev–Trinajstić information content (AvgIpc) is 2.55. The van der Waals surface area contributed by atoms with Crippen molar-refractivity contribution in [2.24, 2.45) is 0 Å². The van der Waals surface area contributed by atoms with Crippen molar-refractivity contribution in [1.29, 1.82) is 0 Å². The second-order valence-electron chi connectivity index (χ2n) is 4.69. The van der Waals surface area contributed by atoms with Gasteiger partial charge in [0.2, 0.25) is 0 Å². The topological polar surface area (TPSA) is 55.4 Å². The summed E-state index contributed by atoms with van der Waals surface area (Å²) in [6, 6.07) is 12.4. The molecule has 22 heavy (non-hydrogen) atoms. The number of anilines is 1. The summed E-state index contributed by atoms with van der Waals surface area (Å²) in [5.74, 6) is -0.770. The number of aryl methyl sites for hydroxylation is 1. The zero-order valence-electron chi connectivity index (χ0n) is 12.4. The lowest BCUT2D eigenvalue weighted by atomic mass is 10.1. The number of ether oxygens (including phenoxy) is 1. The lowest BCUT2D eigenvalue weighted by Crippen LogP contribution is -2.15. The number of hydrogen-bond acceptors (Lipinski definition) is 3. The summed E-state index contributed by atoms with van der Waals surface area (Å²) in [6.07, 6.45) is 0.918. The van der Waals surface area contributed by atoms with Gasteiger partial charge in [0.15, 0.2) is 0 Å². The van der Waals surface area contributed by atoms with Crippen LogP contribution in [0.3, 0.4) is 0 Å². The first-order valence-corrected chi connectivity index (χ1v) is 7.62. The van der Waals surface area contributed by atoms with E-state index in [0.29, 0.717) is 16.8 Å². The SMILES string of the molecule is CCc1ccc(C(=O)Nc2ccc(Br)cc2C(=O)OC)cc1. The molecule has 4 nitrogen and oxygen atoms in total. The molecule has 0 saturated carbocycles. The summed E-state index contributed by atoms with van der Waals surface area (Å²) in [6.45, 7) is 2.06. The molecule has 0 fully saturated rings. The summed E-state index contributed by atoms with van der Waals surface area (Å²) < 4.78 is 5.47. The third-order valence-electron chi connectivity index (χ3n) is 3.26. The van der Waals surface area contributed by atoms with Crippen molar-refractivity contribution < 1.29 is 14.3 Å². The van der Waals surface area contributed by atoms with Crippen molar-refractivity contribution in [2.45, 2.75) is 13.3 Å². The number of carbonyl (C=O) groups excluding carboxylic acids is 2. The Morgan fingerprint density at radius 3 is 2.41 bits per heavy atom. The minimum absolute atomic E-state index is 0.268. The van der Waals surface area contributed by atoms with Crippen LogP contribution in [0.25, 0.3) is 0 Å². The number of rotatable bonds is 4. The van der Waals surface area contributed by atoms with Crippen molar-refractivity contribution in [3.8, 4) is 0 Å². The monoisotopic (exact) mass is 361 g/mol. The highest BCUT2D eigenvalue weighted by atomic mass is 79.9. The van der Waals surface area contributed by atoms with E-state index in [4.69, 9.17) is 4.74 Å². The number of hydrogen-bond donors (Lipinski definition) is 1. The Morgan fingerprint density at radius 1 is 1.14 bits per heavy atom. The second kappa shape index (κ2) is 7.22. The molecule has 0 saturated heterocycles. The Kier molecular flexibility index (Phi) is 5.33. The molecule has 0 aliphatic carbocycles. The molecule has 0 aromatic heterocycles. The number of esters is 1. The van der Waals surface area contributed by atoms with Gasteiger partial charge in [0, 0.05) is 10.0 Å². The minimum Gasteiger partial charge on any atom is -0.465 e. The first-order chi connectivity index (χ1) is 10.5. The highest BCUT2D eigenvalue weighted by molar-refractivity contribution is 9.10. The highest BCUT2D eigenvalue weighted by Crippen LogP contribution is 2.22. The maximum Gasteiger partial charge on any atom is 0.340 e. The molecule has 1 N–H and O–H groups in total. The van der Waals surface area contributed by atoms with E-state index in [9.17, 15) is 9.59 Å². The third kappa shape index (κ3) is 3.74. The molecular formula is C17H16BrNO3. The van der Waals surface area contributed by atoms with Gasteiger partial charge in [0.1, 0.15) is 0 Å². The Hall–Kier alpha value is -2.14. The van der Waals surface area contributed by atoms with Crippen LogP contribution >= 0.6 is 15.9 Å². The summed E-state index contributed by atoms with van der Waals surface area (Å²) in [5.41, 5.74) is 2.42. The molecule has 5 heteroatoms. The molecular weight excluding hydrogens is 346 g/mol. The van der Waals surface area contributed by atoms with Crippen molar-refractivity contribution in [2.75, 3.05) is 12.4 Å². The van der Waals surface area contributed by atoms with Crippen LogP contribution in [0.1, 0.15) is 33.2 Å². The Morgan fingerprint density at radius 2 is 1.82 bits per heavy atom. The minimum atomic E-state index is -0.502. The summed E-state index contributed by atoms with van der Waals surface area (Å²) >= 11 is 3.30.